The topological polar surface area (TPSA) is 59.6 Å². The molecule has 210 valence electrons. The Morgan fingerprint density at radius 2 is 1.68 bits per heavy atom. The number of fused-ring (bicyclic) bond motifs is 2. The lowest BCUT2D eigenvalue weighted by molar-refractivity contribution is 0.313. The van der Waals surface area contributed by atoms with E-state index in [0.29, 0.717) is 6.54 Å². The number of para-hydroxylation sites is 1. The number of piperazine rings is 1. The van der Waals surface area contributed by atoms with Gasteiger partial charge < -0.3 is 14.8 Å². The third-order valence-corrected chi connectivity index (χ3v) is 10.7. The Labute approximate surface area is 242 Å². The minimum atomic E-state index is -3.60. The summed E-state index contributed by atoms with van der Waals surface area (Å²) in [5, 5.41) is 1.07. The van der Waals surface area contributed by atoms with E-state index in [1.807, 2.05) is 48.7 Å². The summed E-state index contributed by atoms with van der Waals surface area (Å²) in [6.07, 6.45) is 7.51. The molecule has 2 atom stereocenters. The van der Waals surface area contributed by atoms with Crippen LogP contribution >= 0.6 is 0 Å². The first-order valence-corrected chi connectivity index (χ1v) is 16.1. The van der Waals surface area contributed by atoms with Crippen LogP contribution in [0.4, 0.5) is 5.69 Å². The number of rotatable bonds is 6. The number of hydrogen-bond donors (Lipinski definition) is 1. The largest absolute Gasteiger partial charge is 0.369 e. The zero-order valence-corrected chi connectivity index (χ0v) is 24.2. The molecule has 2 unspecified atom stereocenters. The van der Waals surface area contributed by atoms with Crippen molar-refractivity contribution in [1.82, 2.24) is 14.2 Å². The zero-order valence-electron chi connectivity index (χ0n) is 23.4. The van der Waals surface area contributed by atoms with E-state index in [1.165, 1.54) is 11.3 Å². The van der Waals surface area contributed by atoms with Crippen molar-refractivity contribution in [3.05, 3.63) is 125 Å². The number of aromatic amines is 1. The fraction of sp³-hybridized carbons (Fsp3) is 0.294. The molecule has 2 aliphatic heterocycles. The average Bonchev–Trinajstić information content (AvgIpc) is 3.59. The van der Waals surface area contributed by atoms with E-state index in [0.717, 1.165) is 65.8 Å². The lowest BCUT2D eigenvalue weighted by atomic mass is 9.83. The molecule has 3 aromatic carbocycles. The van der Waals surface area contributed by atoms with Crippen LogP contribution < -0.4 is 4.90 Å². The number of nitrogens with one attached hydrogen (secondary N) is 1. The minimum absolute atomic E-state index is 0.0102. The van der Waals surface area contributed by atoms with Gasteiger partial charge in [-0.15, -0.1) is 0 Å². The molecule has 3 aliphatic rings. The Balaban J connectivity index is 1.27. The molecule has 0 spiro atoms. The van der Waals surface area contributed by atoms with Crippen LogP contribution in [0.15, 0.2) is 108 Å². The maximum Gasteiger partial charge on any atom is 0.219 e. The minimum Gasteiger partial charge on any atom is -0.369 e. The van der Waals surface area contributed by atoms with E-state index in [1.54, 1.807) is 4.31 Å². The van der Waals surface area contributed by atoms with Gasteiger partial charge in [-0.1, -0.05) is 72.8 Å². The zero-order chi connectivity index (χ0) is 28.0. The molecule has 2 fully saturated rings. The highest BCUT2D eigenvalue weighted by molar-refractivity contribution is 7.88. The quantitative estimate of drug-likeness (QED) is 0.319. The van der Waals surface area contributed by atoms with E-state index < -0.39 is 10.0 Å². The van der Waals surface area contributed by atoms with Crippen molar-refractivity contribution in [1.29, 1.82) is 0 Å². The van der Waals surface area contributed by atoms with Crippen molar-refractivity contribution in [2.24, 2.45) is 0 Å². The molecular weight excluding hydrogens is 528 g/mol. The number of H-pyrrole nitrogens is 1. The monoisotopic (exact) mass is 564 g/mol. The maximum absolute atomic E-state index is 14.0. The summed E-state index contributed by atoms with van der Waals surface area (Å²) in [6.45, 7) is 4.62. The van der Waals surface area contributed by atoms with Crippen LogP contribution in [0, 0.1) is 0 Å². The standard InChI is InChI=1S/C34H36N4O2S/c1-36-16-18-37(19-17-36)29-11-7-10-26(20-29)27-14-15-28-23-38(41(39,40)24-25-8-3-2-4-9-25)34(31(28)21-27)32-22-35-33-13-6-5-12-30(32)33/h2-13,15,20-22,27,34-35H,14,16-19,23-24H2,1H3. The summed E-state index contributed by atoms with van der Waals surface area (Å²) in [5.41, 5.74) is 7.65. The molecule has 41 heavy (non-hydrogen) atoms. The Hall–Kier alpha value is -3.65. The van der Waals surface area contributed by atoms with Crippen molar-refractivity contribution in [3.63, 3.8) is 0 Å². The first-order chi connectivity index (χ1) is 20.0. The van der Waals surface area contributed by atoms with Gasteiger partial charge in [0.2, 0.25) is 10.0 Å². The number of aromatic nitrogens is 1. The van der Waals surface area contributed by atoms with Crippen LogP contribution in [0.5, 0.6) is 0 Å². The van der Waals surface area contributed by atoms with E-state index >= 15 is 0 Å². The van der Waals surface area contributed by atoms with Gasteiger partial charge in [-0.2, -0.15) is 4.31 Å². The van der Waals surface area contributed by atoms with Crippen LogP contribution in [-0.4, -0.2) is 62.4 Å². The summed E-state index contributed by atoms with van der Waals surface area (Å²) in [7, 11) is -1.41. The van der Waals surface area contributed by atoms with E-state index in [4.69, 9.17) is 0 Å². The molecule has 3 heterocycles. The number of likely N-dealkylation sites (N-methyl/N-ethyl adjacent to an activating group) is 1. The Morgan fingerprint density at radius 3 is 2.51 bits per heavy atom. The second-order valence-electron chi connectivity index (χ2n) is 11.6. The molecule has 0 bridgehead atoms. The van der Waals surface area contributed by atoms with Gasteiger partial charge in [-0.05, 0) is 53.9 Å². The van der Waals surface area contributed by atoms with Crippen molar-refractivity contribution in [2.45, 2.75) is 24.1 Å². The summed E-state index contributed by atoms with van der Waals surface area (Å²) in [6, 6.07) is 26.3. The van der Waals surface area contributed by atoms with Crippen LogP contribution in [0.1, 0.15) is 35.1 Å². The van der Waals surface area contributed by atoms with Crippen LogP contribution in [0.2, 0.25) is 0 Å². The third kappa shape index (κ3) is 5.03. The van der Waals surface area contributed by atoms with Gasteiger partial charge in [0.15, 0.2) is 0 Å². The SMILES string of the molecule is CN1CCN(c2cccc(C3C=C4C(=CC3)CN(S(=O)(=O)Cc3ccccc3)C4c3c[nH]c4ccccc34)c2)CC1. The molecule has 4 aromatic rings. The molecular formula is C34H36N4O2S. The predicted octanol–water partition coefficient (Wildman–Crippen LogP) is 5.85. The average molecular weight is 565 g/mol. The summed E-state index contributed by atoms with van der Waals surface area (Å²) in [4.78, 5) is 8.25. The van der Waals surface area contributed by atoms with E-state index in [-0.39, 0.29) is 17.7 Å². The van der Waals surface area contributed by atoms with Gasteiger partial charge in [-0.3, -0.25) is 0 Å². The van der Waals surface area contributed by atoms with Crippen LogP contribution in [-0.2, 0) is 15.8 Å². The lowest BCUT2D eigenvalue weighted by Gasteiger charge is -2.34. The molecule has 7 heteroatoms. The lowest BCUT2D eigenvalue weighted by Crippen LogP contribution is -2.44. The first kappa shape index (κ1) is 26.3. The number of allylic oxidation sites excluding steroid dienone is 2. The highest BCUT2D eigenvalue weighted by Gasteiger charge is 2.43. The van der Waals surface area contributed by atoms with Gasteiger partial charge in [0.1, 0.15) is 0 Å². The molecule has 0 radical (unpaired) electrons. The molecule has 7 rings (SSSR count). The van der Waals surface area contributed by atoms with Gasteiger partial charge in [-0.25, -0.2) is 8.42 Å². The fourth-order valence-corrected chi connectivity index (χ4v) is 8.30. The third-order valence-electron chi connectivity index (χ3n) is 8.91. The molecule has 1 N–H and O–H groups in total. The number of anilines is 1. The highest BCUT2D eigenvalue weighted by Crippen LogP contribution is 2.48. The van der Waals surface area contributed by atoms with Crippen molar-refractivity contribution < 1.29 is 8.42 Å². The van der Waals surface area contributed by atoms with E-state index in [2.05, 4.69) is 70.4 Å². The van der Waals surface area contributed by atoms with Gasteiger partial charge >= 0.3 is 0 Å². The Kier molecular flexibility index (Phi) is 6.81. The maximum atomic E-state index is 14.0. The van der Waals surface area contributed by atoms with Crippen LogP contribution in [0.25, 0.3) is 10.9 Å². The molecule has 2 saturated heterocycles. The molecule has 6 nitrogen and oxygen atoms in total. The van der Waals surface area contributed by atoms with Crippen molar-refractivity contribution in [3.8, 4) is 0 Å². The number of hydrogen-bond acceptors (Lipinski definition) is 4. The van der Waals surface area contributed by atoms with Gasteiger partial charge in [0, 0.05) is 67.0 Å². The molecule has 1 aromatic heterocycles. The molecule has 1 aliphatic carbocycles. The summed E-state index contributed by atoms with van der Waals surface area (Å²) < 4.78 is 29.8. The predicted molar refractivity (Wildman–Crippen MR) is 166 cm³/mol. The second-order valence-corrected chi connectivity index (χ2v) is 13.5. The van der Waals surface area contributed by atoms with E-state index in [9.17, 15) is 8.42 Å². The molecule has 0 saturated carbocycles. The van der Waals surface area contributed by atoms with Gasteiger partial charge in [0.25, 0.3) is 0 Å². The number of sulfonamides is 1. The summed E-state index contributed by atoms with van der Waals surface area (Å²) >= 11 is 0. The fourth-order valence-electron chi connectivity index (χ4n) is 6.63. The van der Waals surface area contributed by atoms with Crippen molar-refractivity contribution >= 4 is 26.6 Å². The number of nitrogens with zero attached hydrogens (tertiary/aromatic N) is 3. The van der Waals surface area contributed by atoms with Crippen LogP contribution in [0.3, 0.4) is 0 Å². The van der Waals surface area contributed by atoms with Crippen molar-refractivity contribution in [2.75, 3.05) is 44.7 Å². The molecule has 0 amide bonds. The second kappa shape index (κ2) is 10.6. The normalized spacial score (nSPS) is 22.0. The smallest absolute Gasteiger partial charge is 0.219 e. The first-order valence-electron chi connectivity index (χ1n) is 14.5. The highest BCUT2D eigenvalue weighted by atomic mass is 32.2. The number of benzene rings is 3. The Bertz CT molecular complexity index is 1730. The Morgan fingerprint density at radius 1 is 0.902 bits per heavy atom. The summed E-state index contributed by atoms with van der Waals surface area (Å²) in [5.74, 6) is 0.190. The van der Waals surface area contributed by atoms with Gasteiger partial charge in [0.05, 0.1) is 11.8 Å².